The van der Waals surface area contributed by atoms with Crippen LogP contribution in [0.4, 0.5) is 10.1 Å². The lowest BCUT2D eigenvalue weighted by molar-refractivity contribution is 0.402. The fourth-order valence-corrected chi connectivity index (χ4v) is 6.62. The first-order valence-corrected chi connectivity index (χ1v) is 13.9. The third-order valence-corrected chi connectivity index (χ3v) is 9.67. The van der Waals surface area contributed by atoms with Crippen LogP contribution < -0.4 is 9.62 Å². The molecular formula is C21H24FN7OS3. The van der Waals surface area contributed by atoms with Gasteiger partial charge in [0, 0.05) is 46.5 Å². The molecule has 2 aromatic heterocycles. The van der Waals surface area contributed by atoms with E-state index in [9.17, 15) is 13.9 Å². The number of imidazole rings is 1. The van der Waals surface area contributed by atoms with Crippen molar-refractivity contribution in [3.8, 4) is 6.07 Å². The van der Waals surface area contributed by atoms with Gasteiger partial charge < -0.3 is 4.90 Å². The quantitative estimate of drug-likeness (QED) is 0.300. The number of hydrogen-bond acceptors (Lipinski definition) is 9. The number of nitrogens with one attached hydrogen (secondary N) is 3. The maximum absolute atomic E-state index is 13.4. The van der Waals surface area contributed by atoms with Gasteiger partial charge in [-0.3, -0.25) is 24.2 Å². The summed E-state index contributed by atoms with van der Waals surface area (Å²) in [5.74, 6) is 1.61. The van der Waals surface area contributed by atoms with Gasteiger partial charge in [0.05, 0.1) is 34.1 Å². The Balaban J connectivity index is 1.47. The van der Waals surface area contributed by atoms with E-state index in [-0.39, 0.29) is 10.1 Å². The summed E-state index contributed by atoms with van der Waals surface area (Å²) in [5, 5.41) is 26.6. The average molecular weight is 506 g/mol. The van der Waals surface area contributed by atoms with Gasteiger partial charge >= 0.3 is 0 Å². The number of anilines is 1. The Bertz CT molecular complexity index is 1190. The van der Waals surface area contributed by atoms with E-state index in [0.717, 1.165) is 40.7 Å². The predicted octanol–water partition coefficient (Wildman–Crippen LogP) is 3.34. The normalized spacial score (nSPS) is 21.0. The third kappa shape index (κ3) is 4.43. The number of nitrogens with zero attached hydrogens (tertiary/aromatic N) is 4. The van der Waals surface area contributed by atoms with Crippen LogP contribution in [0.1, 0.15) is 31.5 Å². The van der Waals surface area contributed by atoms with E-state index in [4.69, 9.17) is 10.8 Å². The minimum absolute atomic E-state index is 0.116. The highest BCUT2D eigenvalue weighted by atomic mass is 32.2. The average Bonchev–Trinajstić information content (AvgIpc) is 3.74. The molecule has 2 aliphatic carbocycles. The highest BCUT2D eigenvalue weighted by Crippen LogP contribution is 2.49. The summed E-state index contributed by atoms with van der Waals surface area (Å²) in [5.41, 5.74) is 0.569. The Labute approximate surface area is 202 Å². The van der Waals surface area contributed by atoms with Crippen LogP contribution in [0, 0.1) is 27.6 Å². The van der Waals surface area contributed by atoms with Crippen LogP contribution in [-0.4, -0.2) is 60.5 Å². The minimum Gasteiger partial charge on any atom is -0.368 e. The number of fused-ring (bicyclic) bond motifs is 1. The van der Waals surface area contributed by atoms with Gasteiger partial charge in [0.2, 0.25) is 0 Å². The van der Waals surface area contributed by atoms with E-state index < -0.39 is 28.4 Å². The van der Waals surface area contributed by atoms with Crippen molar-refractivity contribution in [2.75, 3.05) is 36.2 Å². The minimum atomic E-state index is -0.805. The van der Waals surface area contributed by atoms with Gasteiger partial charge in [-0.15, -0.1) is 0 Å². The summed E-state index contributed by atoms with van der Waals surface area (Å²) in [7, 11) is -0.805. The predicted molar refractivity (Wildman–Crippen MR) is 132 cm³/mol. The van der Waals surface area contributed by atoms with Gasteiger partial charge in [0.25, 0.3) is 0 Å². The Morgan fingerprint density at radius 1 is 1.30 bits per heavy atom. The Hall–Kier alpha value is -1.94. The van der Waals surface area contributed by atoms with E-state index in [2.05, 4.69) is 20.7 Å². The maximum atomic E-state index is 13.4. The van der Waals surface area contributed by atoms with E-state index in [1.807, 2.05) is 16.7 Å². The van der Waals surface area contributed by atoms with E-state index in [1.165, 1.54) is 11.9 Å². The summed E-state index contributed by atoms with van der Waals surface area (Å²) in [6, 6.07) is 4.24. The molecule has 0 atom stereocenters. The lowest BCUT2D eigenvalue weighted by Gasteiger charge is -2.29. The number of alkyl halides is 1. The summed E-state index contributed by atoms with van der Waals surface area (Å²) in [4.78, 5) is 7.54. The maximum Gasteiger partial charge on any atom is 0.169 e. The molecule has 1 saturated heterocycles. The van der Waals surface area contributed by atoms with Gasteiger partial charge in [-0.2, -0.15) is 5.26 Å². The van der Waals surface area contributed by atoms with Crippen LogP contribution in [0.25, 0.3) is 5.52 Å². The van der Waals surface area contributed by atoms with E-state index in [0.29, 0.717) is 43.3 Å². The smallest absolute Gasteiger partial charge is 0.169 e. The lowest BCUT2D eigenvalue weighted by Crippen LogP contribution is -2.38. The molecule has 3 fully saturated rings. The summed E-state index contributed by atoms with van der Waals surface area (Å²) in [6.07, 6.45) is 6.54. The Morgan fingerprint density at radius 2 is 2.03 bits per heavy atom. The van der Waals surface area contributed by atoms with Gasteiger partial charge in [-0.25, -0.2) is 9.37 Å². The number of pyridine rings is 1. The molecule has 174 valence electrons. The molecule has 2 aromatic rings. The van der Waals surface area contributed by atoms with Crippen molar-refractivity contribution in [2.45, 2.75) is 36.1 Å². The summed E-state index contributed by atoms with van der Waals surface area (Å²) in [6.45, 7) is 0.925. The van der Waals surface area contributed by atoms with Crippen LogP contribution in [0.5, 0.6) is 0 Å². The molecule has 2 saturated carbocycles. The molecule has 3 N–H and O–H groups in total. The van der Waals surface area contributed by atoms with Crippen molar-refractivity contribution in [3.63, 3.8) is 0 Å². The van der Waals surface area contributed by atoms with Gasteiger partial charge in [0.15, 0.2) is 5.82 Å². The molecule has 0 spiro atoms. The lowest BCUT2D eigenvalue weighted by atomic mass is 10.2. The number of aromatic nitrogens is 2. The van der Waals surface area contributed by atoms with Crippen LogP contribution in [-0.2, 0) is 10.8 Å². The highest BCUT2D eigenvalue weighted by Gasteiger charge is 2.48. The standard InChI is InChI=1S/C21H24FN7OS3/c22-12-21(3-4-21)27-32-14-9-15(28-5-7-33(30)8-6-28)16-10-26-18(29(16)11-14)17(24)31-19(25)20(13-23)1-2-20/h9-11,24-25,27H,1-8,12H2. The fourth-order valence-electron chi connectivity index (χ4n) is 3.75. The van der Waals surface area contributed by atoms with Gasteiger partial charge in [0.1, 0.15) is 17.1 Å². The molecule has 0 bridgehead atoms. The highest BCUT2D eigenvalue weighted by molar-refractivity contribution is 8.26. The zero-order valence-corrected chi connectivity index (χ0v) is 20.3. The van der Waals surface area contributed by atoms with Crippen molar-refractivity contribution in [1.82, 2.24) is 14.1 Å². The first kappa shape index (κ1) is 22.8. The second-order valence-electron chi connectivity index (χ2n) is 8.81. The van der Waals surface area contributed by atoms with Crippen LogP contribution in [0.3, 0.4) is 0 Å². The Kier molecular flexibility index (Phi) is 6.01. The number of hydrogen-bond donors (Lipinski definition) is 3. The molecule has 0 amide bonds. The molecule has 8 nitrogen and oxygen atoms in total. The van der Waals surface area contributed by atoms with Gasteiger partial charge in [-0.05, 0) is 43.7 Å². The molecule has 0 unspecified atom stereocenters. The fraction of sp³-hybridized carbons (Fsp3) is 0.524. The second-order valence-corrected chi connectivity index (χ2v) is 12.4. The molecule has 0 aromatic carbocycles. The number of rotatable bonds is 7. The van der Waals surface area contributed by atoms with Crippen molar-refractivity contribution in [3.05, 3.63) is 24.3 Å². The molecule has 12 heteroatoms. The van der Waals surface area contributed by atoms with Crippen LogP contribution >= 0.6 is 23.7 Å². The van der Waals surface area contributed by atoms with Crippen molar-refractivity contribution < 1.29 is 8.60 Å². The molecule has 1 aliphatic heterocycles. The summed E-state index contributed by atoms with van der Waals surface area (Å²) >= 11 is 2.36. The SMILES string of the molecule is N#CC1(C(=N)SC(=N)c2ncc3c(N4CCS(=O)CC4)cc(SNC4(CF)CC4)cn23)CC1. The van der Waals surface area contributed by atoms with Crippen molar-refractivity contribution in [2.24, 2.45) is 5.41 Å². The zero-order chi connectivity index (χ0) is 23.2. The molecule has 3 heterocycles. The molecular weight excluding hydrogens is 481 g/mol. The molecule has 0 radical (unpaired) electrons. The van der Waals surface area contributed by atoms with Crippen molar-refractivity contribution >= 4 is 55.8 Å². The third-order valence-electron chi connectivity index (χ3n) is 6.41. The molecule has 33 heavy (non-hydrogen) atoms. The Morgan fingerprint density at radius 3 is 2.64 bits per heavy atom. The van der Waals surface area contributed by atoms with Crippen LogP contribution in [0.2, 0.25) is 0 Å². The summed E-state index contributed by atoms with van der Waals surface area (Å²) < 4.78 is 30.3. The van der Waals surface area contributed by atoms with E-state index in [1.54, 1.807) is 6.20 Å². The number of nitriles is 1. The van der Waals surface area contributed by atoms with Crippen LogP contribution in [0.15, 0.2) is 23.4 Å². The largest absolute Gasteiger partial charge is 0.368 e. The van der Waals surface area contributed by atoms with Gasteiger partial charge in [-0.1, -0.05) is 11.8 Å². The van der Waals surface area contributed by atoms with Crippen molar-refractivity contribution in [1.29, 1.82) is 16.1 Å². The first-order chi connectivity index (χ1) is 15.9. The number of halogens is 1. The monoisotopic (exact) mass is 505 g/mol. The first-order valence-electron chi connectivity index (χ1n) is 10.8. The second kappa shape index (κ2) is 8.69. The molecule has 3 aliphatic rings. The zero-order valence-electron chi connectivity index (χ0n) is 17.9. The van der Waals surface area contributed by atoms with E-state index >= 15 is 0 Å². The topological polar surface area (TPSA) is 121 Å². The molecule has 5 rings (SSSR count). The number of thioether (sulfide) groups is 1.